The van der Waals surface area contributed by atoms with Gasteiger partial charge in [0.25, 0.3) is 0 Å². The Hall–Kier alpha value is -2.66. The zero-order valence-corrected chi connectivity index (χ0v) is 15.0. The van der Waals surface area contributed by atoms with Crippen molar-refractivity contribution in [3.63, 3.8) is 0 Å². The number of allylic oxidation sites excluding steroid dienone is 1. The van der Waals surface area contributed by atoms with Crippen molar-refractivity contribution in [2.24, 2.45) is 5.10 Å². The summed E-state index contributed by atoms with van der Waals surface area (Å²) in [5, 5.41) is 6.26. The van der Waals surface area contributed by atoms with Crippen LogP contribution in [0.2, 0.25) is 5.02 Å². The number of halogens is 2. The first kappa shape index (κ1) is 18.1. The van der Waals surface area contributed by atoms with E-state index in [9.17, 15) is 9.18 Å². The molecule has 3 rings (SSSR count). The lowest BCUT2D eigenvalue weighted by Crippen LogP contribution is -2.42. The number of anilines is 1. The Kier molecular flexibility index (Phi) is 5.09. The first-order chi connectivity index (χ1) is 12.5. The molecule has 1 aliphatic heterocycles. The van der Waals surface area contributed by atoms with Gasteiger partial charge in [0, 0.05) is 5.02 Å². The Morgan fingerprint density at radius 3 is 2.77 bits per heavy atom. The second-order valence-electron chi connectivity index (χ2n) is 6.03. The van der Waals surface area contributed by atoms with Crippen molar-refractivity contribution in [3.8, 4) is 0 Å². The van der Waals surface area contributed by atoms with E-state index in [1.807, 2.05) is 30.3 Å². The molecule has 1 atom stereocenters. The number of hydrogen-bond donors (Lipinski definition) is 0. The van der Waals surface area contributed by atoms with Crippen LogP contribution in [-0.4, -0.2) is 25.3 Å². The van der Waals surface area contributed by atoms with Gasteiger partial charge in [0.15, 0.2) is 5.71 Å². The van der Waals surface area contributed by atoms with Crippen LogP contribution in [0.5, 0.6) is 0 Å². The van der Waals surface area contributed by atoms with E-state index < -0.39 is 17.2 Å². The minimum atomic E-state index is -0.787. The highest BCUT2D eigenvalue weighted by molar-refractivity contribution is 6.41. The van der Waals surface area contributed by atoms with E-state index in [2.05, 4.69) is 11.7 Å². The molecule has 0 spiro atoms. The highest BCUT2D eigenvalue weighted by Gasteiger charge is 2.48. The summed E-state index contributed by atoms with van der Waals surface area (Å²) in [6.07, 6.45) is 2.17. The lowest BCUT2D eigenvalue weighted by Gasteiger charge is -2.29. The number of carbonyl (C=O) groups excluding carboxylic acids is 1. The molecule has 0 fully saturated rings. The average molecular weight is 373 g/mol. The largest absolute Gasteiger partial charge is 0.464 e. The Labute approximate surface area is 156 Å². The third-order valence-corrected chi connectivity index (χ3v) is 4.71. The number of nitrogens with zero attached hydrogens (tertiary/aromatic N) is 2. The van der Waals surface area contributed by atoms with Gasteiger partial charge in [-0.3, -0.25) is 5.01 Å². The maximum Gasteiger partial charge on any atom is 0.355 e. The minimum absolute atomic E-state index is 0.209. The molecule has 6 heteroatoms. The smallest absolute Gasteiger partial charge is 0.355 e. The summed E-state index contributed by atoms with van der Waals surface area (Å²) < 4.78 is 19.3. The Bertz CT molecular complexity index is 869. The second kappa shape index (κ2) is 7.30. The van der Waals surface area contributed by atoms with Crippen LogP contribution in [-0.2, 0) is 14.9 Å². The molecule has 0 saturated carbocycles. The molecule has 1 aliphatic rings. The fourth-order valence-corrected chi connectivity index (χ4v) is 3.41. The number of hydrazone groups is 1. The fraction of sp³-hybridized carbons (Fsp3) is 0.200. The molecule has 0 saturated heterocycles. The third-order valence-electron chi connectivity index (χ3n) is 4.48. The van der Waals surface area contributed by atoms with Gasteiger partial charge >= 0.3 is 5.97 Å². The Morgan fingerprint density at radius 2 is 2.12 bits per heavy atom. The standard InChI is InChI=1S/C20H18ClFN2O2/c1-3-11-20(14-7-5-4-6-8-14)13-24(23-18(20)19(25)26-2)17-12-15(21)9-10-16(17)22/h3-10,12H,1,11,13H2,2H3. The Balaban J connectivity index is 2.16. The first-order valence-corrected chi connectivity index (χ1v) is 8.46. The van der Waals surface area contributed by atoms with Crippen LogP contribution >= 0.6 is 11.6 Å². The van der Waals surface area contributed by atoms with E-state index in [1.165, 1.54) is 30.3 Å². The van der Waals surface area contributed by atoms with Crippen LogP contribution in [0.1, 0.15) is 12.0 Å². The number of benzene rings is 2. The number of methoxy groups -OCH3 is 1. The molecule has 0 aliphatic carbocycles. The molecule has 0 bridgehead atoms. The summed E-state index contributed by atoms with van der Waals surface area (Å²) >= 11 is 6.02. The summed E-state index contributed by atoms with van der Waals surface area (Å²) in [6.45, 7) is 4.09. The molecule has 2 aromatic rings. The zero-order valence-electron chi connectivity index (χ0n) is 14.3. The van der Waals surface area contributed by atoms with Crippen molar-refractivity contribution >= 4 is 29.0 Å². The van der Waals surface area contributed by atoms with Crippen molar-refractivity contribution in [2.45, 2.75) is 11.8 Å². The van der Waals surface area contributed by atoms with E-state index in [0.717, 1.165) is 5.56 Å². The molecule has 0 aromatic heterocycles. The highest BCUT2D eigenvalue weighted by Crippen LogP contribution is 2.39. The van der Waals surface area contributed by atoms with Gasteiger partial charge in [-0.05, 0) is 30.2 Å². The predicted molar refractivity (Wildman–Crippen MR) is 101 cm³/mol. The van der Waals surface area contributed by atoms with Crippen molar-refractivity contribution in [3.05, 3.63) is 77.6 Å². The summed E-state index contributed by atoms with van der Waals surface area (Å²) in [4.78, 5) is 12.5. The Morgan fingerprint density at radius 1 is 1.38 bits per heavy atom. The molecule has 1 unspecified atom stereocenters. The minimum Gasteiger partial charge on any atom is -0.464 e. The summed E-state index contributed by atoms with van der Waals surface area (Å²) in [5.41, 5.74) is 0.519. The van der Waals surface area contributed by atoms with Crippen molar-refractivity contribution in [1.29, 1.82) is 0 Å². The van der Waals surface area contributed by atoms with Gasteiger partial charge in [-0.15, -0.1) is 6.58 Å². The van der Waals surface area contributed by atoms with Crippen LogP contribution < -0.4 is 5.01 Å². The van der Waals surface area contributed by atoms with E-state index in [1.54, 1.807) is 6.08 Å². The fourth-order valence-electron chi connectivity index (χ4n) is 3.25. The maximum absolute atomic E-state index is 14.4. The molecular weight excluding hydrogens is 355 g/mol. The molecule has 0 N–H and O–H groups in total. The van der Waals surface area contributed by atoms with E-state index >= 15 is 0 Å². The van der Waals surface area contributed by atoms with Gasteiger partial charge in [-0.25, -0.2) is 9.18 Å². The third kappa shape index (κ3) is 3.10. The first-order valence-electron chi connectivity index (χ1n) is 8.08. The predicted octanol–water partition coefficient (Wildman–Crippen LogP) is 4.34. The molecule has 4 nitrogen and oxygen atoms in total. The number of esters is 1. The van der Waals surface area contributed by atoms with Gasteiger partial charge < -0.3 is 4.74 Å². The van der Waals surface area contributed by atoms with Gasteiger partial charge in [-0.1, -0.05) is 48.0 Å². The molecule has 0 radical (unpaired) electrons. The number of carbonyl (C=O) groups is 1. The van der Waals surface area contributed by atoms with Crippen molar-refractivity contribution in [1.82, 2.24) is 0 Å². The van der Waals surface area contributed by atoms with Crippen molar-refractivity contribution < 1.29 is 13.9 Å². The zero-order chi connectivity index (χ0) is 18.7. The summed E-state index contributed by atoms with van der Waals surface area (Å²) in [5.74, 6) is -1.02. The van der Waals surface area contributed by atoms with E-state index in [4.69, 9.17) is 16.3 Å². The van der Waals surface area contributed by atoms with Crippen molar-refractivity contribution in [2.75, 3.05) is 18.7 Å². The quantitative estimate of drug-likeness (QED) is 0.579. The topological polar surface area (TPSA) is 41.9 Å². The van der Waals surface area contributed by atoms with Gasteiger partial charge in [0.1, 0.15) is 5.82 Å². The maximum atomic E-state index is 14.4. The van der Waals surface area contributed by atoms with Crippen LogP contribution in [0.4, 0.5) is 10.1 Å². The molecule has 2 aromatic carbocycles. The summed E-state index contributed by atoms with van der Waals surface area (Å²) in [7, 11) is 1.30. The normalized spacial score (nSPS) is 19.2. The summed E-state index contributed by atoms with van der Waals surface area (Å²) in [6, 6.07) is 13.7. The molecule has 26 heavy (non-hydrogen) atoms. The lowest BCUT2D eigenvalue weighted by molar-refractivity contribution is -0.133. The van der Waals surface area contributed by atoms with Crippen LogP contribution in [0.3, 0.4) is 0 Å². The number of rotatable bonds is 5. The average Bonchev–Trinajstić information content (AvgIpc) is 3.04. The van der Waals surface area contributed by atoms with E-state index in [0.29, 0.717) is 11.4 Å². The second-order valence-corrected chi connectivity index (χ2v) is 6.47. The molecule has 0 amide bonds. The molecule has 1 heterocycles. The number of hydrogen-bond acceptors (Lipinski definition) is 4. The van der Waals surface area contributed by atoms with Crippen LogP contribution in [0.25, 0.3) is 0 Å². The lowest BCUT2D eigenvalue weighted by atomic mass is 9.74. The monoisotopic (exact) mass is 372 g/mol. The van der Waals surface area contributed by atoms with Crippen LogP contribution in [0, 0.1) is 5.82 Å². The van der Waals surface area contributed by atoms with Gasteiger partial charge in [0.05, 0.1) is 24.8 Å². The van der Waals surface area contributed by atoms with Gasteiger partial charge in [0.2, 0.25) is 0 Å². The number of ether oxygens (including phenoxy) is 1. The SMILES string of the molecule is C=CCC1(c2ccccc2)CN(c2cc(Cl)ccc2F)N=C1C(=O)OC. The molecule has 134 valence electrons. The highest BCUT2D eigenvalue weighted by atomic mass is 35.5. The van der Waals surface area contributed by atoms with Crippen LogP contribution in [0.15, 0.2) is 66.3 Å². The van der Waals surface area contributed by atoms with Gasteiger partial charge in [-0.2, -0.15) is 5.10 Å². The molecular formula is C20H18ClFN2O2. The van der Waals surface area contributed by atoms with E-state index in [-0.39, 0.29) is 17.9 Å².